The van der Waals surface area contributed by atoms with E-state index in [1.54, 1.807) is 0 Å². The lowest BCUT2D eigenvalue weighted by Crippen LogP contribution is -2.13. The minimum Gasteiger partial charge on any atom is -0.307 e. The number of carbonyl (C=O) groups is 1. The lowest BCUT2D eigenvalue weighted by Gasteiger charge is -2.08. The smallest absolute Gasteiger partial charge is 0.307 e. The van der Waals surface area contributed by atoms with Gasteiger partial charge in [-0.15, -0.1) is 0 Å². The fraction of sp³-hybridized carbons (Fsp3) is 0.0769. The summed E-state index contributed by atoms with van der Waals surface area (Å²) in [6.45, 7) is 0. The number of aromatic nitrogens is 1. The average Bonchev–Trinajstić information content (AvgIpc) is 2.39. The molecule has 0 aliphatic rings. The van der Waals surface area contributed by atoms with Crippen molar-refractivity contribution in [2.24, 2.45) is 0 Å². The lowest BCUT2D eigenvalue weighted by atomic mass is 10.2. The fourth-order valence-corrected chi connectivity index (χ4v) is 1.43. The second-order valence-corrected chi connectivity index (χ2v) is 3.89. The van der Waals surface area contributed by atoms with Gasteiger partial charge in [0.15, 0.2) is 0 Å². The molecule has 0 fully saturated rings. The molecule has 0 spiro atoms. The van der Waals surface area contributed by atoms with E-state index in [2.05, 4.69) is 10.3 Å². The molecule has 7 heteroatoms. The summed E-state index contributed by atoms with van der Waals surface area (Å²) in [6, 6.07) is 6.59. The number of pyridine rings is 1. The number of rotatable bonds is 2. The molecule has 0 aliphatic carbocycles. The Morgan fingerprint density at radius 2 is 1.70 bits per heavy atom. The molecule has 20 heavy (non-hydrogen) atoms. The number of benzene rings is 1. The molecule has 2 aromatic rings. The van der Waals surface area contributed by atoms with Crippen LogP contribution in [0.4, 0.5) is 23.4 Å². The van der Waals surface area contributed by atoms with Crippen molar-refractivity contribution in [2.75, 3.05) is 5.32 Å². The number of alkyl halides is 3. The average molecular weight is 284 g/mol. The third kappa shape index (κ3) is 3.31. The van der Waals surface area contributed by atoms with Gasteiger partial charge in [-0.25, -0.2) is 9.37 Å². The van der Waals surface area contributed by atoms with Gasteiger partial charge in [0.1, 0.15) is 11.6 Å². The Labute approximate surface area is 111 Å². The molecule has 0 saturated carbocycles. The van der Waals surface area contributed by atoms with Crippen molar-refractivity contribution in [1.29, 1.82) is 0 Å². The monoisotopic (exact) mass is 284 g/mol. The maximum absolute atomic E-state index is 12.7. The van der Waals surface area contributed by atoms with Crippen LogP contribution in [0.25, 0.3) is 0 Å². The minimum atomic E-state index is -4.48. The van der Waals surface area contributed by atoms with Crippen LogP contribution in [0.1, 0.15) is 15.9 Å². The predicted octanol–water partition coefficient (Wildman–Crippen LogP) is 3.49. The second-order valence-electron chi connectivity index (χ2n) is 3.89. The molecule has 0 bridgehead atoms. The Morgan fingerprint density at radius 3 is 2.20 bits per heavy atom. The van der Waals surface area contributed by atoms with Crippen molar-refractivity contribution < 1.29 is 22.4 Å². The summed E-state index contributed by atoms with van der Waals surface area (Å²) < 4.78 is 49.6. The van der Waals surface area contributed by atoms with Crippen molar-refractivity contribution in [3.8, 4) is 0 Å². The highest BCUT2D eigenvalue weighted by Crippen LogP contribution is 2.28. The summed E-state index contributed by atoms with van der Waals surface area (Å²) in [5.74, 6) is -1.10. The molecule has 0 unspecified atom stereocenters. The molecule has 1 aromatic heterocycles. The summed E-state index contributed by atoms with van der Waals surface area (Å²) in [6.07, 6.45) is -3.85. The fourth-order valence-electron chi connectivity index (χ4n) is 1.43. The zero-order valence-corrected chi connectivity index (χ0v) is 9.91. The van der Waals surface area contributed by atoms with E-state index in [9.17, 15) is 22.4 Å². The van der Waals surface area contributed by atoms with Crippen LogP contribution in [-0.2, 0) is 6.18 Å². The van der Waals surface area contributed by atoms with Gasteiger partial charge in [-0.1, -0.05) is 0 Å². The van der Waals surface area contributed by atoms with Crippen LogP contribution < -0.4 is 5.32 Å². The van der Waals surface area contributed by atoms with Crippen LogP contribution in [-0.4, -0.2) is 10.9 Å². The van der Waals surface area contributed by atoms with Gasteiger partial charge in [0, 0.05) is 11.8 Å². The Hall–Kier alpha value is -2.44. The summed E-state index contributed by atoms with van der Waals surface area (Å²) in [4.78, 5) is 15.2. The molecule has 0 aliphatic heterocycles. The maximum atomic E-state index is 12.7. The summed E-state index contributed by atoms with van der Waals surface area (Å²) in [5.41, 5.74) is -0.731. The highest BCUT2D eigenvalue weighted by Gasteiger charge is 2.30. The van der Waals surface area contributed by atoms with Crippen LogP contribution >= 0.6 is 0 Å². The Kier molecular flexibility index (Phi) is 3.69. The summed E-state index contributed by atoms with van der Waals surface area (Å²) >= 11 is 0. The van der Waals surface area contributed by atoms with E-state index in [0.29, 0.717) is 6.20 Å². The van der Waals surface area contributed by atoms with Gasteiger partial charge in [-0.2, -0.15) is 13.2 Å². The molecule has 104 valence electrons. The van der Waals surface area contributed by atoms with E-state index in [1.807, 2.05) is 0 Å². The number of hydrogen-bond acceptors (Lipinski definition) is 2. The largest absolute Gasteiger partial charge is 0.417 e. The number of anilines is 1. The highest BCUT2D eigenvalue weighted by molar-refractivity contribution is 6.03. The van der Waals surface area contributed by atoms with E-state index < -0.39 is 23.5 Å². The minimum absolute atomic E-state index is 0.0210. The molecule has 1 heterocycles. The first-order valence-electron chi connectivity index (χ1n) is 5.46. The molecule has 3 nitrogen and oxygen atoms in total. The Balaban J connectivity index is 2.10. The van der Waals surface area contributed by atoms with E-state index in [-0.39, 0.29) is 11.4 Å². The van der Waals surface area contributed by atoms with Crippen molar-refractivity contribution in [1.82, 2.24) is 4.98 Å². The van der Waals surface area contributed by atoms with Crippen molar-refractivity contribution in [2.45, 2.75) is 6.18 Å². The number of amides is 1. The zero-order chi connectivity index (χ0) is 14.8. The highest BCUT2D eigenvalue weighted by atomic mass is 19.4. The van der Waals surface area contributed by atoms with Gasteiger partial charge in [0.25, 0.3) is 5.91 Å². The topological polar surface area (TPSA) is 42.0 Å². The second kappa shape index (κ2) is 5.28. The van der Waals surface area contributed by atoms with Gasteiger partial charge in [0.2, 0.25) is 0 Å². The van der Waals surface area contributed by atoms with Crippen molar-refractivity contribution in [3.63, 3.8) is 0 Å². The summed E-state index contributed by atoms with van der Waals surface area (Å²) in [7, 11) is 0. The van der Waals surface area contributed by atoms with Gasteiger partial charge < -0.3 is 5.32 Å². The van der Waals surface area contributed by atoms with Crippen LogP contribution in [0.5, 0.6) is 0 Å². The molecule has 1 aromatic carbocycles. The molecule has 1 amide bonds. The summed E-state index contributed by atoms with van der Waals surface area (Å²) in [5, 5.41) is 2.32. The SMILES string of the molecule is O=C(Nc1ccc(C(F)(F)F)cn1)c1ccc(F)cc1. The first-order chi connectivity index (χ1) is 9.36. The van der Waals surface area contributed by atoms with Gasteiger partial charge in [-0.05, 0) is 36.4 Å². The quantitative estimate of drug-likeness (QED) is 0.858. The van der Waals surface area contributed by atoms with Crippen molar-refractivity contribution >= 4 is 11.7 Å². The predicted molar refractivity (Wildman–Crippen MR) is 63.6 cm³/mol. The van der Waals surface area contributed by atoms with Gasteiger partial charge in [-0.3, -0.25) is 4.79 Å². The molecule has 0 atom stereocenters. The molecule has 1 N–H and O–H groups in total. The third-order valence-corrected chi connectivity index (χ3v) is 2.44. The third-order valence-electron chi connectivity index (χ3n) is 2.44. The Morgan fingerprint density at radius 1 is 1.05 bits per heavy atom. The van der Waals surface area contributed by atoms with E-state index in [1.165, 1.54) is 12.1 Å². The maximum Gasteiger partial charge on any atom is 0.417 e. The number of nitrogens with zero attached hydrogens (tertiary/aromatic N) is 1. The Bertz CT molecular complexity index is 606. The number of halogens is 4. The van der Waals surface area contributed by atoms with E-state index >= 15 is 0 Å². The normalized spacial score (nSPS) is 11.2. The molecule has 2 rings (SSSR count). The van der Waals surface area contributed by atoms with Gasteiger partial charge >= 0.3 is 6.18 Å². The molecule has 0 saturated heterocycles. The lowest BCUT2D eigenvalue weighted by molar-refractivity contribution is -0.137. The first kappa shape index (κ1) is 14.0. The van der Waals surface area contributed by atoms with Crippen molar-refractivity contribution in [3.05, 3.63) is 59.5 Å². The number of carbonyl (C=O) groups excluding carboxylic acids is 1. The first-order valence-corrected chi connectivity index (χ1v) is 5.46. The zero-order valence-electron chi connectivity index (χ0n) is 9.91. The molecular formula is C13H8F4N2O. The number of nitrogens with one attached hydrogen (secondary N) is 1. The molecular weight excluding hydrogens is 276 g/mol. The van der Waals surface area contributed by atoms with Gasteiger partial charge in [0.05, 0.1) is 5.56 Å². The van der Waals surface area contributed by atoms with Crippen LogP contribution in [0.2, 0.25) is 0 Å². The molecule has 0 radical (unpaired) electrons. The standard InChI is InChI=1S/C13H8F4N2O/c14-10-4-1-8(2-5-10)12(20)19-11-6-3-9(7-18-11)13(15,16)17/h1-7H,(H,18,19,20). The van der Waals surface area contributed by atoms with Crippen LogP contribution in [0, 0.1) is 5.82 Å². The number of hydrogen-bond donors (Lipinski definition) is 1. The van der Waals surface area contributed by atoms with Crippen LogP contribution in [0.15, 0.2) is 42.6 Å². The van der Waals surface area contributed by atoms with E-state index in [0.717, 1.165) is 24.3 Å². The van der Waals surface area contributed by atoms with Crippen LogP contribution in [0.3, 0.4) is 0 Å². The van der Waals surface area contributed by atoms with E-state index in [4.69, 9.17) is 0 Å².